The van der Waals surface area contributed by atoms with Crippen LogP contribution in [-0.2, 0) is 13.2 Å². The van der Waals surface area contributed by atoms with E-state index in [-0.39, 0.29) is 12.3 Å². The maximum atomic E-state index is 12.2. The molecular formula is C21H25N5O2S. The minimum Gasteiger partial charge on any atom is -0.392 e. The van der Waals surface area contributed by atoms with E-state index in [1.54, 1.807) is 21.8 Å². The van der Waals surface area contributed by atoms with E-state index < -0.39 is 0 Å². The second-order valence-electron chi connectivity index (χ2n) is 7.42. The van der Waals surface area contributed by atoms with Crippen LogP contribution >= 0.6 is 11.3 Å². The van der Waals surface area contributed by atoms with Crippen molar-refractivity contribution in [2.75, 3.05) is 27.2 Å². The van der Waals surface area contributed by atoms with Crippen LogP contribution in [0.5, 0.6) is 0 Å². The highest BCUT2D eigenvalue weighted by Gasteiger charge is 2.12. The molecule has 4 rings (SSSR count). The first-order valence-corrected chi connectivity index (χ1v) is 10.5. The molecule has 0 atom stereocenters. The van der Waals surface area contributed by atoms with Crippen molar-refractivity contribution in [2.45, 2.75) is 19.6 Å². The van der Waals surface area contributed by atoms with Gasteiger partial charge in [-0.2, -0.15) is 5.10 Å². The molecule has 152 valence electrons. The van der Waals surface area contributed by atoms with Gasteiger partial charge in [-0.3, -0.25) is 0 Å². The first kappa shape index (κ1) is 19.8. The van der Waals surface area contributed by atoms with E-state index in [2.05, 4.69) is 46.0 Å². The summed E-state index contributed by atoms with van der Waals surface area (Å²) in [5.74, 6) is 0. The Morgan fingerprint density at radius 1 is 1.24 bits per heavy atom. The summed E-state index contributed by atoms with van der Waals surface area (Å²) in [5, 5.41) is 22.7. The minimum atomic E-state index is -0.278. The quantitative estimate of drug-likeness (QED) is 0.388. The normalized spacial score (nSPS) is 11.9. The number of aliphatic hydroxyl groups is 1. The molecule has 4 aromatic rings. The molecule has 0 spiro atoms. The molecule has 0 aliphatic rings. The molecule has 0 radical (unpaired) electrons. The number of hydrogen-bond acceptors (Lipinski definition) is 6. The molecule has 1 aromatic carbocycles. The Morgan fingerprint density at radius 2 is 2.10 bits per heavy atom. The number of rotatable bonds is 8. The number of H-pyrrole nitrogens is 1. The van der Waals surface area contributed by atoms with Gasteiger partial charge in [0.2, 0.25) is 0 Å². The first-order chi connectivity index (χ1) is 14.1. The van der Waals surface area contributed by atoms with E-state index in [0.29, 0.717) is 5.65 Å². The van der Waals surface area contributed by atoms with Gasteiger partial charge in [0.25, 0.3) is 0 Å². The van der Waals surface area contributed by atoms with Gasteiger partial charge in [0, 0.05) is 16.8 Å². The maximum Gasteiger partial charge on any atom is 0.348 e. The molecule has 0 aliphatic carbocycles. The zero-order valence-corrected chi connectivity index (χ0v) is 17.4. The Bertz CT molecular complexity index is 1190. The molecule has 0 saturated heterocycles. The van der Waals surface area contributed by atoms with Crippen LogP contribution in [0, 0.1) is 0 Å². The molecule has 0 aliphatic heterocycles. The summed E-state index contributed by atoms with van der Waals surface area (Å²) in [6.07, 6.45) is 1.12. The molecule has 3 N–H and O–H groups in total. The highest BCUT2D eigenvalue weighted by Crippen LogP contribution is 2.30. The van der Waals surface area contributed by atoms with E-state index in [1.807, 2.05) is 18.2 Å². The molecule has 0 amide bonds. The highest BCUT2D eigenvalue weighted by molar-refractivity contribution is 7.10. The van der Waals surface area contributed by atoms with Crippen molar-refractivity contribution in [3.63, 3.8) is 0 Å². The smallest absolute Gasteiger partial charge is 0.348 e. The number of nitrogens with one attached hydrogen (secondary N) is 2. The van der Waals surface area contributed by atoms with Crippen molar-refractivity contribution in [1.29, 1.82) is 0 Å². The molecule has 3 heterocycles. The lowest BCUT2D eigenvalue weighted by molar-refractivity contribution is 0.283. The first-order valence-electron chi connectivity index (χ1n) is 9.63. The van der Waals surface area contributed by atoms with E-state index >= 15 is 0 Å². The third-order valence-electron chi connectivity index (χ3n) is 5.00. The Morgan fingerprint density at radius 3 is 2.90 bits per heavy atom. The Labute approximate surface area is 172 Å². The predicted octanol–water partition coefficient (Wildman–Crippen LogP) is 2.44. The maximum absolute atomic E-state index is 12.2. The number of aromatic nitrogens is 3. The summed E-state index contributed by atoms with van der Waals surface area (Å²) in [5.41, 5.74) is 3.90. The molecule has 0 unspecified atom stereocenters. The summed E-state index contributed by atoms with van der Waals surface area (Å²) in [4.78, 5) is 15.7. The third-order valence-corrected chi connectivity index (χ3v) is 5.94. The van der Waals surface area contributed by atoms with Crippen LogP contribution in [-0.4, -0.2) is 51.8 Å². The SMILES string of the molecule is CN(C)CCCNCc1cc(-c2ccc3c(CO)cc4n[nH]c(=O)n4c3c2)cs1. The number of nitrogens with zero attached hydrogens (tertiary/aromatic N) is 3. The van der Waals surface area contributed by atoms with Crippen molar-refractivity contribution in [3.8, 4) is 11.1 Å². The molecule has 29 heavy (non-hydrogen) atoms. The van der Waals surface area contributed by atoms with Crippen LogP contribution in [0.4, 0.5) is 0 Å². The van der Waals surface area contributed by atoms with Crippen molar-refractivity contribution in [1.82, 2.24) is 24.8 Å². The Balaban J connectivity index is 1.60. The van der Waals surface area contributed by atoms with Gasteiger partial charge in [0.1, 0.15) is 0 Å². The average Bonchev–Trinajstić information content (AvgIpc) is 3.33. The number of pyridine rings is 1. The van der Waals surface area contributed by atoms with Gasteiger partial charge < -0.3 is 15.3 Å². The monoisotopic (exact) mass is 411 g/mol. The van der Waals surface area contributed by atoms with Gasteiger partial charge in [-0.25, -0.2) is 14.3 Å². The van der Waals surface area contributed by atoms with E-state index in [9.17, 15) is 9.90 Å². The summed E-state index contributed by atoms with van der Waals surface area (Å²) >= 11 is 1.73. The van der Waals surface area contributed by atoms with Crippen molar-refractivity contribution in [3.05, 3.63) is 56.6 Å². The summed E-state index contributed by atoms with van der Waals surface area (Å²) in [7, 11) is 4.17. The number of aromatic amines is 1. The highest BCUT2D eigenvalue weighted by atomic mass is 32.1. The average molecular weight is 412 g/mol. The van der Waals surface area contributed by atoms with Crippen molar-refractivity contribution < 1.29 is 5.11 Å². The van der Waals surface area contributed by atoms with Gasteiger partial charge in [-0.05, 0) is 73.9 Å². The van der Waals surface area contributed by atoms with Gasteiger partial charge in [-0.15, -0.1) is 11.3 Å². The predicted molar refractivity (Wildman–Crippen MR) is 117 cm³/mol. The van der Waals surface area contributed by atoms with Crippen LogP contribution < -0.4 is 11.0 Å². The molecule has 0 saturated carbocycles. The lowest BCUT2D eigenvalue weighted by atomic mass is 10.0. The zero-order chi connectivity index (χ0) is 20.4. The molecular weight excluding hydrogens is 386 g/mol. The minimum absolute atomic E-state index is 0.102. The van der Waals surface area contributed by atoms with Crippen LogP contribution in [0.3, 0.4) is 0 Å². The van der Waals surface area contributed by atoms with E-state index in [4.69, 9.17) is 0 Å². The molecule has 0 bridgehead atoms. The second kappa shape index (κ2) is 8.46. The summed E-state index contributed by atoms with van der Waals surface area (Å²) < 4.78 is 1.55. The van der Waals surface area contributed by atoms with Gasteiger partial charge >= 0.3 is 5.69 Å². The second-order valence-corrected chi connectivity index (χ2v) is 8.41. The third kappa shape index (κ3) is 4.11. The number of hydrogen-bond donors (Lipinski definition) is 3. The Hall–Kier alpha value is -2.52. The number of benzene rings is 1. The van der Waals surface area contributed by atoms with Crippen LogP contribution in [0.15, 0.2) is 40.5 Å². The number of thiophene rings is 1. The van der Waals surface area contributed by atoms with Gasteiger partial charge in [0.05, 0.1) is 12.1 Å². The topological polar surface area (TPSA) is 85.7 Å². The lowest BCUT2D eigenvalue weighted by Gasteiger charge is -2.09. The van der Waals surface area contributed by atoms with Crippen molar-refractivity contribution in [2.24, 2.45) is 0 Å². The summed E-state index contributed by atoms with van der Waals surface area (Å²) in [6.45, 7) is 2.82. The molecule has 8 heteroatoms. The van der Waals surface area contributed by atoms with Crippen LogP contribution in [0.25, 0.3) is 27.7 Å². The Kier molecular flexibility index (Phi) is 5.77. The fraction of sp³-hybridized carbons (Fsp3) is 0.333. The number of fused-ring (bicyclic) bond motifs is 3. The van der Waals surface area contributed by atoms with E-state index in [0.717, 1.165) is 53.6 Å². The van der Waals surface area contributed by atoms with Gasteiger partial charge in [0.15, 0.2) is 5.65 Å². The largest absolute Gasteiger partial charge is 0.392 e. The van der Waals surface area contributed by atoms with Crippen LogP contribution in [0.1, 0.15) is 16.9 Å². The zero-order valence-electron chi connectivity index (χ0n) is 16.6. The molecule has 3 aromatic heterocycles. The summed E-state index contributed by atoms with van der Waals surface area (Å²) in [6, 6.07) is 9.93. The standard InChI is InChI=1S/C21H25N5O2S/c1-25(2)7-3-6-22-11-17-8-16(13-29-17)14-4-5-18-15(12-27)10-20-23-24-21(28)26(20)19(18)9-14/h4-5,8-10,13,22,27H,3,6-7,11-12H2,1-2H3,(H,24,28). The fourth-order valence-electron chi connectivity index (χ4n) is 3.53. The van der Waals surface area contributed by atoms with Crippen molar-refractivity contribution >= 4 is 27.9 Å². The molecule has 7 nitrogen and oxygen atoms in total. The fourth-order valence-corrected chi connectivity index (χ4v) is 4.39. The van der Waals surface area contributed by atoms with Gasteiger partial charge in [-0.1, -0.05) is 12.1 Å². The number of aliphatic hydroxyl groups excluding tert-OH is 1. The van der Waals surface area contributed by atoms with E-state index in [1.165, 1.54) is 4.88 Å². The van der Waals surface area contributed by atoms with Crippen LogP contribution in [0.2, 0.25) is 0 Å². The lowest BCUT2D eigenvalue weighted by Crippen LogP contribution is -2.20. The molecule has 0 fully saturated rings.